The van der Waals surface area contributed by atoms with E-state index in [0.29, 0.717) is 0 Å². The van der Waals surface area contributed by atoms with E-state index in [0.717, 1.165) is 0 Å². The molecule has 96 valence electrons. The first-order valence-corrected chi connectivity index (χ1v) is 8.08. The number of nitrogens with one attached hydrogen (secondary N) is 1. The van der Waals surface area contributed by atoms with Gasteiger partial charge in [-0.15, -0.1) is 0 Å². The van der Waals surface area contributed by atoms with Crippen LogP contribution in [0.5, 0.6) is 0 Å². The summed E-state index contributed by atoms with van der Waals surface area (Å²) in [5, 5.41) is 3.02. The number of aromatic amines is 1. The molecule has 2 aromatic carbocycles. The van der Waals surface area contributed by atoms with E-state index in [1.165, 1.54) is 27.2 Å². The highest BCUT2D eigenvalue weighted by Gasteiger charge is 2.39. The second-order valence-corrected chi connectivity index (χ2v) is 6.87. The normalized spacial score (nSPS) is 14.6. The summed E-state index contributed by atoms with van der Waals surface area (Å²) in [5.41, 5.74) is 4.05. The van der Waals surface area contributed by atoms with E-state index in [9.17, 15) is 0 Å². The summed E-state index contributed by atoms with van der Waals surface area (Å²) >= 11 is 0. The summed E-state index contributed by atoms with van der Waals surface area (Å²) < 4.78 is 0. The van der Waals surface area contributed by atoms with Gasteiger partial charge in [0, 0.05) is 30.2 Å². The van der Waals surface area contributed by atoms with E-state index in [1.807, 2.05) is 6.20 Å². The van der Waals surface area contributed by atoms with Crippen molar-refractivity contribution in [3.05, 3.63) is 90.1 Å². The molecule has 0 unspecified atom stereocenters. The SMILES string of the molecule is c1ccc(C2=C(c3ccccc3)P2c2ccc[nH]2)cc1. The zero-order chi connectivity index (χ0) is 13.4. The van der Waals surface area contributed by atoms with Gasteiger partial charge in [-0.2, -0.15) is 0 Å². The van der Waals surface area contributed by atoms with E-state index in [-0.39, 0.29) is 7.92 Å². The van der Waals surface area contributed by atoms with E-state index in [1.54, 1.807) is 0 Å². The van der Waals surface area contributed by atoms with Crippen molar-refractivity contribution in [3.63, 3.8) is 0 Å². The third-order valence-electron chi connectivity index (χ3n) is 3.54. The molecule has 3 aromatic rings. The van der Waals surface area contributed by atoms with Crippen LogP contribution < -0.4 is 5.44 Å². The first-order valence-electron chi connectivity index (χ1n) is 6.74. The van der Waals surface area contributed by atoms with Gasteiger partial charge in [0.25, 0.3) is 0 Å². The molecule has 0 bridgehead atoms. The van der Waals surface area contributed by atoms with Gasteiger partial charge in [0.05, 0.1) is 0 Å². The lowest BCUT2D eigenvalue weighted by atomic mass is 10.1. The summed E-state index contributed by atoms with van der Waals surface area (Å²) in [6, 6.07) is 25.7. The molecule has 1 aromatic heterocycles. The Morgan fingerprint density at radius 1 is 0.600 bits per heavy atom. The Labute approximate surface area is 119 Å². The van der Waals surface area contributed by atoms with Crippen molar-refractivity contribution < 1.29 is 0 Å². The standard InChI is InChI=1S/C18H14NP/c1-3-8-14(9-4-1)17-18(15-10-5-2-6-11-15)20(17)16-12-7-13-19-16/h1-13,19H. The second-order valence-electron chi connectivity index (χ2n) is 4.82. The minimum absolute atomic E-state index is 0.310. The molecule has 20 heavy (non-hydrogen) atoms. The molecular formula is C18H14NP. The predicted molar refractivity (Wildman–Crippen MR) is 87.0 cm³/mol. The summed E-state index contributed by atoms with van der Waals surface area (Å²) in [7, 11) is -0.310. The first kappa shape index (κ1) is 11.7. The molecule has 1 N–H and O–H groups in total. The minimum atomic E-state index is -0.310. The zero-order valence-electron chi connectivity index (χ0n) is 11.0. The summed E-state index contributed by atoms with van der Waals surface area (Å²) in [6.45, 7) is 0. The third-order valence-corrected chi connectivity index (χ3v) is 5.93. The maximum Gasteiger partial charge on any atom is 0.0476 e. The molecule has 1 aliphatic rings. The van der Waals surface area contributed by atoms with Crippen LogP contribution in [0.3, 0.4) is 0 Å². The zero-order valence-corrected chi connectivity index (χ0v) is 11.8. The minimum Gasteiger partial charge on any atom is -0.361 e. The fraction of sp³-hybridized carbons (Fsp3) is 0. The lowest BCUT2D eigenvalue weighted by molar-refractivity contribution is 1.47. The molecule has 0 amide bonds. The van der Waals surface area contributed by atoms with E-state index in [2.05, 4.69) is 77.8 Å². The van der Waals surface area contributed by atoms with Crippen LogP contribution in [-0.2, 0) is 0 Å². The molecule has 0 fully saturated rings. The van der Waals surface area contributed by atoms with E-state index in [4.69, 9.17) is 0 Å². The van der Waals surface area contributed by atoms with Crippen molar-refractivity contribution in [2.24, 2.45) is 0 Å². The lowest BCUT2D eigenvalue weighted by Crippen LogP contribution is -1.93. The van der Waals surface area contributed by atoms with Crippen molar-refractivity contribution in [2.75, 3.05) is 0 Å². The first-order chi connectivity index (χ1) is 9.95. The molecule has 0 aliphatic carbocycles. The predicted octanol–water partition coefficient (Wildman–Crippen LogP) is 4.66. The van der Waals surface area contributed by atoms with Gasteiger partial charge in [-0.05, 0) is 23.3 Å². The fourth-order valence-corrected chi connectivity index (χ4v) is 5.06. The van der Waals surface area contributed by atoms with Crippen LogP contribution in [0.15, 0.2) is 79.0 Å². The summed E-state index contributed by atoms with van der Waals surface area (Å²) in [4.78, 5) is 3.39. The number of benzene rings is 2. The molecule has 1 nitrogen and oxygen atoms in total. The highest BCUT2D eigenvalue weighted by Crippen LogP contribution is 2.77. The maximum absolute atomic E-state index is 3.39. The Hall–Kier alpha value is -2.11. The van der Waals surface area contributed by atoms with Crippen molar-refractivity contribution in [2.45, 2.75) is 0 Å². The quantitative estimate of drug-likeness (QED) is 0.669. The molecule has 0 saturated heterocycles. The summed E-state index contributed by atoms with van der Waals surface area (Å²) in [6.07, 6.45) is 2.02. The fourth-order valence-electron chi connectivity index (χ4n) is 2.59. The molecule has 4 rings (SSSR count). The van der Waals surface area contributed by atoms with E-state index >= 15 is 0 Å². The van der Waals surface area contributed by atoms with Crippen LogP contribution in [0.25, 0.3) is 10.6 Å². The van der Waals surface area contributed by atoms with Gasteiger partial charge < -0.3 is 4.98 Å². The van der Waals surface area contributed by atoms with Gasteiger partial charge >= 0.3 is 0 Å². The number of H-pyrrole nitrogens is 1. The molecule has 0 radical (unpaired) electrons. The molecule has 0 spiro atoms. The average molecular weight is 275 g/mol. The van der Waals surface area contributed by atoms with Gasteiger partial charge in [-0.3, -0.25) is 0 Å². The maximum atomic E-state index is 3.39. The second kappa shape index (κ2) is 4.77. The highest BCUT2D eigenvalue weighted by molar-refractivity contribution is 7.94. The Bertz CT molecular complexity index is 693. The topological polar surface area (TPSA) is 15.8 Å². The van der Waals surface area contributed by atoms with Crippen LogP contribution >= 0.6 is 7.92 Å². The number of hydrogen-bond acceptors (Lipinski definition) is 0. The monoisotopic (exact) mass is 275 g/mol. The van der Waals surface area contributed by atoms with Crippen LogP contribution in [0.2, 0.25) is 0 Å². The van der Waals surface area contributed by atoms with Gasteiger partial charge in [-0.25, -0.2) is 0 Å². The molecule has 1 aliphatic heterocycles. The van der Waals surface area contributed by atoms with Crippen LogP contribution in [0, 0.1) is 0 Å². The Morgan fingerprint density at radius 2 is 1.15 bits per heavy atom. The summed E-state index contributed by atoms with van der Waals surface area (Å²) in [5.74, 6) is 0. The van der Waals surface area contributed by atoms with Crippen molar-refractivity contribution in [1.82, 2.24) is 4.98 Å². The molecular weight excluding hydrogens is 261 g/mol. The van der Waals surface area contributed by atoms with Crippen LogP contribution in [0.1, 0.15) is 11.1 Å². The Balaban J connectivity index is 1.81. The number of hydrogen-bond donors (Lipinski definition) is 1. The van der Waals surface area contributed by atoms with Crippen molar-refractivity contribution in [3.8, 4) is 0 Å². The number of rotatable bonds is 3. The van der Waals surface area contributed by atoms with E-state index < -0.39 is 0 Å². The smallest absolute Gasteiger partial charge is 0.0476 e. The molecule has 0 saturated carbocycles. The van der Waals surface area contributed by atoms with Gasteiger partial charge in [0.15, 0.2) is 0 Å². The Kier molecular flexibility index (Phi) is 2.79. The van der Waals surface area contributed by atoms with Crippen molar-refractivity contribution >= 4 is 24.0 Å². The average Bonchev–Trinajstić information content (AvgIpc) is 3.03. The highest BCUT2D eigenvalue weighted by atomic mass is 31.1. The molecule has 2 heteroatoms. The van der Waals surface area contributed by atoms with Crippen LogP contribution in [0.4, 0.5) is 0 Å². The van der Waals surface area contributed by atoms with Crippen LogP contribution in [-0.4, -0.2) is 4.98 Å². The Morgan fingerprint density at radius 3 is 1.60 bits per heavy atom. The lowest BCUT2D eigenvalue weighted by Gasteiger charge is -1.99. The van der Waals surface area contributed by atoms with Gasteiger partial charge in [-0.1, -0.05) is 60.7 Å². The van der Waals surface area contributed by atoms with Gasteiger partial charge in [0.1, 0.15) is 0 Å². The molecule has 0 atom stereocenters. The van der Waals surface area contributed by atoms with Gasteiger partial charge in [0.2, 0.25) is 0 Å². The third kappa shape index (κ3) is 1.92. The van der Waals surface area contributed by atoms with Crippen molar-refractivity contribution in [1.29, 1.82) is 0 Å². The number of aromatic nitrogens is 1. The molecule has 2 heterocycles. The largest absolute Gasteiger partial charge is 0.361 e.